The zero-order valence-electron chi connectivity index (χ0n) is 15.3. The molecular weight excluding hydrogens is 385 g/mol. The van der Waals surface area contributed by atoms with Crippen LogP contribution in [0.25, 0.3) is 5.65 Å². The molecule has 1 fully saturated rings. The average molecular weight is 402 g/mol. The van der Waals surface area contributed by atoms with Crippen molar-refractivity contribution in [3.63, 3.8) is 0 Å². The van der Waals surface area contributed by atoms with E-state index < -0.39 is 12.0 Å². The maximum atomic E-state index is 13.1. The minimum atomic E-state index is -4.64. The summed E-state index contributed by atoms with van der Waals surface area (Å²) in [6.07, 6.45) is -3.17. The average Bonchev–Trinajstić information content (AvgIpc) is 3.43. The molecule has 1 aromatic carbocycles. The third-order valence-corrected chi connectivity index (χ3v) is 5.52. The van der Waals surface area contributed by atoms with Crippen LogP contribution in [0.3, 0.4) is 0 Å². The molecule has 3 aromatic rings. The second-order valence-electron chi connectivity index (χ2n) is 7.28. The Morgan fingerprint density at radius 3 is 2.72 bits per heavy atom. The number of aromatic nitrogens is 4. The predicted molar refractivity (Wildman–Crippen MR) is 98.6 cm³/mol. The fourth-order valence-corrected chi connectivity index (χ4v) is 4.08. The summed E-state index contributed by atoms with van der Waals surface area (Å²) in [5, 5.41) is 10.8. The Kier molecular flexibility index (Phi) is 3.97. The molecule has 0 radical (unpaired) electrons. The molecule has 1 unspecified atom stereocenters. The summed E-state index contributed by atoms with van der Waals surface area (Å²) >= 11 is 0. The van der Waals surface area contributed by atoms with Gasteiger partial charge in [-0.25, -0.2) is 0 Å². The first-order chi connectivity index (χ1) is 13.9. The summed E-state index contributed by atoms with van der Waals surface area (Å²) in [6.45, 7) is 1.63. The van der Waals surface area contributed by atoms with Gasteiger partial charge in [-0.15, -0.1) is 15.3 Å². The van der Waals surface area contributed by atoms with Gasteiger partial charge >= 0.3 is 6.18 Å². The number of carbonyl (C=O) groups is 1. The number of fused-ring (bicyclic) bond motifs is 2. The van der Waals surface area contributed by atoms with E-state index in [0.717, 1.165) is 17.7 Å². The zero-order chi connectivity index (χ0) is 20.2. The number of rotatable bonds is 2. The van der Waals surface area contributed by atoms with Crippen LogP contribution in [0, 0.1) is 5.92 Å². The van der Waals surface area contributed by atoms with Crippen molar-refractivity contribution in [3.05, 3.63) is 47.8 Å². The third-order valence-electron chi connectivity index (χ3n) is 5.52. The van der Waals surface area contributed by atoms with Crippen LogP contribution in [-0.4, -0.2) is 45.4 Å². The van der Waals surface area contributed by atoms with Gasteiger partial charge in [-0.05, 0) is 36.6 Å². The lowest BCUT2D eigenvalue weighted by molar-refractivity contribution is -0.146. The highest BCUT2D eigenvalue weighted by atomic mass is 19.4. The molecule has 0 saturated carbocycles. The first-order valence-corrected chi connectivity index (χ1v) is 9.36. The van der Waals surface area contributed by atoms with Crippen LogP contribution in [0.2, 0.25) is 0 Å². The highest BCUT2D eigenvalue weighted by molar-refractivity contribution is 5.97. The molecule has 150 valence electrons. The van der Waals surface area contributed by atoms with Crippen molar-refractivity contribution in [2.45, 2.75) is 19.0 Å². The summed E-state index contributed by atoms with van der Waals surface area (Å²) < 4.78 is 40.0. The third kappa shape index (κ3) is 2.99. The number of alkyl halides is 3. The molecular formula is C19H17F3N6O. The van der Waals surface area contributed by atoms with Crippen molar-refractivity contribution in [1.82, 2.24) is 19.8 Å². The number of carbonyl (C=O) groups excluding carboxylic acids is 1. The lowest BCUT2D eigenvalue weighted by atomic mass is 10.1. The SMILES string of the molecule is O=C(C1CCN(c2ccc3nnc(C(F)(F)F)n3n2)C1)N1CCc2ccccc21. The summed E-state index contributed by atoms with van der Waals surface area (Å²) in [4.78, 5) is 16.7. The Hall–Kier alpha value is -3.17. The standard InChI is InChI=1S/C19H17F3N6O/c20-19(21,22)18-24-23-15-5-6-16(25-28(15)18)26-9-7-13(11-26)17(29)27-10-8-12-3-1-2-4-14(12)27/h1-6,13H,7-11H2. The minimum Gasteiger partial charge on any atom is -0.354 e. The van der Waals surface area contributed by atoms with E-state index in [2.05, 4.69) is 15.3 Å². The van der Waals surface area contributed by atoms with Gasteiger partial charge in [0.2, 0.25) is 5.91 Å². The maximum absolute atomic E-state index is 13.1. The monoisotopic (exact) mass is 402 g/mol. The summed E-state index contributed by atoms with van der Waals surface area (Å²) in [5.74, 6) is -0.949. The molecule has 0 bridgehead atoms. The van der Waals surface area contributed by atoms with E-state index in [9.17, 15) is 18.0 Å². The lowest BCUT2D eigenvalue weighted by Gasteiger charge is -2.22. The van der Waals surface area contributed by atoms with Crippen LogP contribution in [-0.2, 0) is 17.4 Å². The topological polar surface area (TPSA) is 66.6 Å². The number of nitrogens with zero attached hydrogens (tertiary/aromatic N) is 6. The number of hydrogen-bond acceptors (Lipinski definition) is 5. The molecule has 2 aliphatic rings. The number of hydrogen-bond donors (Lipinski definition) is 0. The van der Waals surface area contributed by atoms with Gasteiger partial charge in [-0.3, -0.25) is 4.79 Å². The zero-order valence-corrected chi connectivity index (χ0v) is 15.3. The van der Waals surface area contributed by atoms with E-state index in [1.54, 1.807) is 6.07 Å². The Balaban J connectivity index is 1.37. The highest BCUT2D eigenvalue weighted by Gasteiger charge is 2.38. The van der Waals surface area contributed by atoms with Crippen molar-refractivity contribution in [2.24, 2.45) is 5.92 Å². The Bertz CT molecular complexity index is 1090. The van der Waals surface area contributed by atoms with Gasteiger partial charge in [-0.2, -0.15) is 17.7 Å². The van der Waals surface area contributed by atoms with Crippen molar-refractivity contribution >= 4 is 23.1 Å². The molecule has 1 saturated heterocycles. The number of para-hydroxylation sites is 1. The molecule has 1 atom stereocenters. The van der Waals surface area contributed by atoms with Gasteiger partial charge in [0.15, 0.2) is 5.65 Å². The van der Waals surface area contributed by atoms with E-state index in [1.165, 1.54) is 6.07 Å². The molecule has 29 heavy (non-hydrogen) atoms. The first kappa shape index (κ1) is 17.9. The molecule has 1 amide bonds. The molecule has 4 heterocycles. The van der Waals surface area contributed by atoms with E-state index in [0.29, 0.717) is 36.4 Å². The summed E-state index contributed by atoms with van der Waals surface area (Å²) in [6, 6.07) is 10.9. The van der Waals surface area contributed by atoms with Crippen LogP contribution in [0.5, 0.6) is 0 Å². The van der Waals surface area contributed by atoms with Gasteiger partial charge < -0.3 is 9.80 Å². The second kappa shape index (κ2) is 6.43. The van der Waals surface area contributed by atoms with Crippen LogP contribution in [0.15, 0.2) is 36.4 Å². The highest BCUT2D eigenvalue weighted by Crippen LogP contribution is 2.32. The van der Waals surface area contributed by atoms with Crippen molar-refractivity contribution in [2.75, 3.05) is 29.4 Å². The molecule has 2 aliphatic heterocycles. The van der Waals surface area contributed by atoms with Crippen molar-refractivity contribution in [1.29, 1.82) is 0 Å². The van der Waals surface area contributed by atoms with E-state index in [1.807, 2.05) is 34.1 Å². The fraction of sp³-hybridized carbons (Fsp3) is 0.368. The van der Waals surface area contributed by atoms with Crippen molar-refractivity contribution < 1.29 is 18.0 Å². The second-order valence-corrected chi connectivity index (χ2v) is 7.28. The van der Waals surface area contributed by atoms with E-state index in [4.69, 9.17) is 0 Å². The number of amides is 1. The minimum absolute atomic E-state index is 0.0292. The molecule has 0 aliphatic carbocycles. The first-order valence-electron chi connectivity index (χ1n) is 9.36. The Morgan fingerprint density at radius 2 is 1.90 bits per heavy atom. The molecule has 10 heteroatoms. The Morgan fingerprint density at radius 1 is 1.07 bits per heavy atom. The molecule has 7 nitrogen and oxygen atoms in total. The van der Waals surface area contributed by atoms with Gasteiger partial charge in [0.25, 0.3) is 5.82 Å². The molecule has 5 rings (SSSR count). The van der Waals surface area contributed by atoms with Gasteiger partial charge in [-0.1, -0.05) is 18.2 Å². The normalized spacial score (nSPS) is 19.2. The van der Waals surface area contributed by atoms with Gasteiger partial charge in [0, 0.05) is 25.3 Å². The number of anilines is 2. The number of halogens is 3. The predicted octanol–water partition coefficient (Wildman–Crippen LogP) is 2.56. The summed E-state index contributed by atoms with van der Waals surface area (Å²) in [5.41, 5.74) is 2.14. The van der Waals surface area contributed by atoms with Crippen LogP contribution < -0.4 is 9.80 Å². The maximum Gasteiger partial charge on any atom is 0.453 e. The van der Waals surface area contributed by atoms with E-state index in [-0.39, 0.29) is 17.5 Å². The number of benzene rings is 1. The van der Waals surface area contributed by atoms with Crippen LogP contribution in [0.1, 0.15) is 17.8 Å². The van der Waals surface area contributed by atoms with Gasteiger partial charge in [0.1, 0.15) is 5.82 Å². The largest absolute Gasteiger partial charge is 0.453 e. The fourth-order valence-electron chi connectivity index (χ4n) is 4.08. The van der Waals surface area contributed by atoms with Gasteiger partial charge in [0.05, 0.1) is 5.92 Å². The molecule has 0 N–H and O–H groups in total. The smallest absolute Gasteiger partial charge is 0.354 e. The summed E-state index contributed by atoms with van der Waals surface area (Å²) in [7, 11) is 0. The van der Waals surface area contributed by atoms with Crippen LogP contribution in [0.4, 0.5) is 24.7 Å². The van der Waals surface area contributed by atoms with Crippen molar-refractivity contribution in [3.8, 4) is 0 Å². The van der Waals surface area contributed by atoms with Crippen LogP contribution >= 0.6 is 0 Å². The molecule has 2 aromatic heterocycles. The lowest BCUT2D eigenvalue weighted by Crippen LogP contribution is -2.36. The quantitative estimate of drug-likeness (QED) is 0.659. The van der Waals surface area contributed by atoms with E-state index >= 15 is 0 Å². The molecule has 0 spiro atoms. The Labute approximate surface area is 163 Å².